The molecular weight excluding hydrogens is 476 g/mol. The lowest BCUT2D eigenvalue weighted by molar-refractivity contribution is -0.161. The predicted molar refractivity (Wildman–Crippen MR) is 134 cm³/mol. The number of hydrogen-bond donors (Lipinski definition) is 1. The lowest BCUT2D eigenvalue weighted by Gasteiger charge is -2.19. The molecule has 0 unspecified atom stereocenters. The molecule has 0 saturated carbocycles. The summed E-state index contributed by atoms with van der Waals surface area (Å²) in [4.78, 5) is 22.5. The van der Waals surface area contributed by atoms with Crippen LogP contribution in [0.15, 0.2) is 0 Å². The Bertz CT molecular complexity index is 467. The minimum atomic E-state index is -0.485. The lowest BCUT2D eigenvalue weighted by Crippen LogP contribution is -2.27. The molecule has 0 bridgehead atoms. The van der Waals surface area contributed by atoms with Crippen LogP contribution in [-0.4, -0.2) is 114 Å². The van der Waals surface area contributed by atoms with E-state index in [4.69, 9.17) is 43.0 Å². The van der Waals surface area contributed by atoms with E-state index in [-0.39, 0.29) is 31.8 Å². The highest BCUT2D eigenvalue weighted by molar-refractivity contribution is 5.71. The number of carbonyl (C=O) groups is 2. The van der Waals surface area contributed by atoms with E-state index in [0.717, 1.165) is 13.0 Å². The second kappa shape index (κ2) is 24.0. The van der Waals surface area contributed by atoms with E-state index in [0.29, 0.717) is 59.5 Å². The van der Waals surface area contributed by atoms with E-state index in [9.17, 15) is 9.59 Å². The van der Waals surface area contributed by atoms with Crippen molar-refractivity contribution in [1.29, 1.82) is 0 Å². The second-order valence-corrected chi connectivity index (χ2v) is 9.45. The van der Waals surface area contributed by atoms with Crippen molar-refractivity contribution >= 4 is 11.9 Å². The summed E-state index contributed by atoms with van der Waals surface area (Å²) >= 11 is 0. The molecule has 0 spiro atoms. The maximum Gasteiger partial charge on any atom is 0.332 e. The van der Waals surface area contributed by atoms with Gasteiger partial charge in [0.15, 0.2) is 0 Å². The zero-order valence-electron chi connectivity index (χ0n) is 23.4. The van der Waals surface area contributed by atoms with E-state index < -0.39 is 11.2 Å². The first-order chi connectivity index (χ1) is 16.9. The molecule has 0 radical (unpaired) electrons. The fourth-order valence-corrected chi connectivity index (χ4v) is 2.14. The van der Waals surface area contributed by atoms with E-state index in [2.05, 4.69) is 6.92 Å². The minimum Gasteiger partial charge on any atom is -0.458 e. The largest absolute Gasteiger partial charge is 0.458 e. The molecule has 0 aliphatic rings. The van der Waals surface area contributed by atoms with Gasteiger partial charge in [0.2, 0.25) is 0 Å². The molecule has 1 N–H and O–H groups in total. The molecule has 11 nitrogen and oxygen atoms in total. The third-order valence-electron chi connectivity index (χ3n) is 3.35. The standard InChI is InChI=1S/C13H26O5.C12H24O6/c1-5-6-15-7-8-16-9-10-17-11-12(14)18-13(2,3)4;1-12(2,3)18-11(14)10-17-9-8-16-7-6-15-5-4-13/h5-11H2,1-4H3;13H,4-10H2,1-3H3. The lowest BCUT2D eigenvalue weighted by atomic mass is 10.2. The summed E-state index contributed by atoms with van der Waals surface area (Å²) in [6.07, 6.45) is 1.01. The highest BCUT2D eigenvalue weighted by atomic mass is 16.6. The Labute approximate surface area is 217 Å². The molecule has 0 saturated heterocycles. The van der Waals surface area contributed by atoms with Gasteiger partial charge in [0.25, 0.3) is 0 Å². The van der Waals surface area contributed by atoms with Crippen LogP contribution in [0.4, 0.5) is 0 Å². The van der Waals surface area contributed by atoms with Gasteiger partial charge < -0.3 is 43.0 Å². The number of ether oxygens (including phenoxy) is 8. The number of aliphatic hydroxyl groups is 1. The molecule has 216 valence electrons. The van der Waals surface area contributed by atoms with E-state index >= 15 is 0 Å². The fourth-order valence-electron chi connectivity index (χ4n) is 2.14. The first-order valence-corrected chi connectivity index (χ1v) is 12.4. The summed E-state index contributed by atoms with van der Waals surface area (Å²) in [7, 11) is 0. The van der Waals surface area contributed by atoms with Crippen LogP contribution < -0.4 is 0 Å². The Hall–Kier alpha value is -1.34. The number of rotatable bonds is 20. The Morgan fingerprint density at radius 3 is 1.14 bits per heavy atom. The Balaban J connectivity index is 0. The Morgan fingerprint density at radius 1 is 0.528 bits per heavy atom. The van der Waals surface area contributed by atoms with Crippen LogP contribution in [-0.2, 0) is 47.5 Å². The molecule has 0 aromatic rings. The molecule has 0 amide bonds. The number of hydrogen-bond acceptors (Lipinski definition) is 11. The van der Waals surface area contributed by atoms with Crippen molar-refractivity contribution in [2.45, 2.75) is 66.1 Å². The predicted octanol–water partition coefficient (Wildman–Crippen LogP) is 2.16. The molecule has 0 aromatic heterocycles. The van der Waals surface area contributed by atoms with Crippen molar-refractivity contribution in [2.24, 2.45) is 0 Å². The molecule has 0 aromatic carbocycles. The molecule has 0 fully saturated rings. The van der Waals surface area contributed by atoms with Gasteiger partial charge in [-0.1, -0.05) is 6.92 Å². The maximum absolute atomic E-state index is 11.3. The third-order valence-corrected chi connectivity index (χ3v) is 3.35. The number of esters is 2. The van der Waals surface area contributed by atoms with Crippen LogP contribution in [0.25, 0.3) is 0 Å². The molecule has 0 heterocycles. The van der Waals surface area contributed by atoms with Crippen molar-refractivity contribution in [1.82, 2.24) is 0 Å². The molecular formula is C25H50O11. The highest BCUT2D eigenvalue weighted by Gasteiger charge is 2.16. The Morgan fingerprint density at radius 2 is 0.833 bits per heavy atom. The van der Waals surface area contributed by atoms with Crippen molar-refractivity contribution in [3.8, 4) is 0 Å². The van der Waals surface area contributed by atoms with Gasteiger partial charge in [-0.2, -0.15) is 0 Å². The number of aliphatic hydroxyl groups excluding tert-OH is 1. The molecule has 0 rings (SSSR count). The van der Waals surface area contributed by atoms with E-state index in [1.807, 2.05) is 20.8 Å². The van der Waals surface area contributed by atoms with Crippen molar-refractivity contribution in [2.75, 3.05) is 85.9 Å². The zero-order valence-corrected chi connectivity index (χ0v) is 23.4. The first kappa shape index (κ1) is 36.8. The van der Waals surface area contributed by atoms with E-state index in [1.54, 1.807) is 20.8 Å². The number of carbonyl (C=O) groups excluding carboxylic acids is 2. The van der Waals surface area contributed by atoms with Gasteiger partial charge in [-0.15, -0.1) is 0 Å². The summed E-state index contributed by atoms with van der Waals surface area (Å²) < 4.78 is 41.0. The topological polar surface area (TPSA) is 128 Å². The van der Waals surface area contributed by atoms with Crippen molar-refractivity contribution < 1.29 is 52.6 Å². The summed E-state index contributed by atoms with van der Waals surface area (Å²) in [5.74, 6) is -0.734. The smallest absolute Gasteiger partial charge is 0.332 e. The monoisotopic (exact) mass is 526 g/mol. The van der Waals surface area contributed by atoms with Gasteiger partial charge in [-0.25, -0.2) is 9.59 Å². The van der Waals surface area contributed by atoms with Crippen molar-refractivity contribution in [3.05, 3.63) is 0 Å². The van der Waals surface area contributed by atoms with Crippen LogP contribution in [0.1, 0.15) is 54.9 Å². The molecule has 0 atom stereocenters. The first-order valence-electron chi connectivity index (χ1n) is 12.4. The van der Waals surface area contributed by atoms with Crippen LogP contribution in [0, 0.1) is 0 Å². The summed E-state index contributed by atoms with van der Waals surface area (Å²) in [6, 6.07) is 0. The summed E-state index contributed by atoms with van der Waals surface area (Å²) in [6.45, 7) is 17.5. The normalized spacial score (nSPS) is 11.6. The van der Waals surface area contributed by atoms with Gasteiger partial charge in [0.05, 0.1) is 66.1 Å². The zero-order chi connectivity index (χ0) is 27.7. The average molecular weight is 527 g/mol. The molecule has 11 heteroatoms. The summed E-state index contributed by atoms with van der Waals surface area (Å²) in [5.41, 5.74) is -0.950. The van der Waals surface area contributed by atoms with Gasteiger partial charge in [-0.05, 0) is 48.0 Å². The van der Waals surface area contributed by atoms with Gasteiger partial charge in [-0.3, -0.25) is 0 Å². The average Bonchev–Trinajstić information content (AvgIpc) is 2.75. The highest BCUT2D eigenvalue weighted by Crippen LogP contribution is 2.07. The van der Waals surface area contributed by atoms with Crippen LogP contribution in [0.5, 0.6) is 0 Å². The summed E-state index contributed by atoms with van der Waals surface area (Å²) in [5, 5.41) is 8.44. The molecule has 36 heavy (non-hydrogen) atoms. The van der Waals surface area contributed by atoms with E-state index in [1.165, 1.54) is 0 Å². The van der Waals surface area contributed by atoms with Gasteiger partial charge in [0.1, 0.15) is 24.4 Å². The fraction of sp³-hybridized carbons (Fsp3) is 0.920. The van der Waals surface area contributed by atoms with Crippen LogP contribution >= 0.6 is 0 Å². The van der Waals surface area contributed by atoms with Gasteiger partial charge >= 0.3 is 11.9 Å². The molecule has 0 aliphatic carbocycles. The third kappa shape index (κ3) is 34.8. The maximum atomic E-state index is 11.3. The van der Waals surface area contributed by atoms with Crippen molar-refractivity contribution in [3.63, 3.8) is 0 Å². The molecule has 0 aliphatic heterocycles. The second-order valence-electron chi connectivity index (χ2n) is 9.45. The van der Waals surface area contributed by atoms with Crippen LogP contribution in [0.2, 0.25) is 0 Å². The minimum absolute atomic E-state index is 0.0129. The van der Waals surface area contributed by atoms with Crippen LogP contribution in [0.3, 0.4) is 0 Å². The SMILES string of the molecule is CC(C)(C)OC(=O)COCCOCCOCCO.CCCOCCOCCOCC(=O)OC(C)(C)C. The van der Waals surface area contributed by atoms with Gasteiger partial charge in [0, 0.05) is 6.61 Å². The quantitative estimate of drug-likeness (QED) is 0.185. The Kier molecular flexibility index (Phi) is 24.6.